The van der Waals surface area contributed by atoms with Gasteiger partial charge in [0, 0.05) is 12.6 Å². The Hall–Kier alpha value is -0.880. The second kappa shape index (κ2) is 3.61. The van der Waals surface area contributed by atoms with E-state index in [0.717, 1.165) is 0 Å². The highest BCUT2D eigenvalue weighted by Gasteiger charge is 2.25. The van der Waals surface area contributed by atoms with Gasteiger partial charge in [0.25, 0.3) is 0 Å². The molecule has 6 heteroatoms. The Kier molecular flexibility index (Phi) is 2.93. The predicted molar refractivity (Wildman–Crippen MR) is 58.0 cm³/mol. The van der Waals surface area contributed by atoms with E-state index in [1.807, 2.05) is 0 Å². The standard InChI is InChI=1S/C9H17N3O2S/c1-7-8(6-10-12(7)5)15(13,14)11-9(2,3)4/h6,11H,1-5H3. The highest BCUT2D eigenvalue weighted by Crippen LogP contribution is 2.15. The normalized spacial score (nSPS) is 13.1. The van der Waals surface area contributed by atoms with Crippen LogP contribution in [0.15, 0.2) is 11.1 Å². The van der Waals surface area contributed by atoms with E-state index in [9.17, 15) is 8.42 Å². The van der Waals surface area contributed by atoms with Gasteiger partial charge in [0.1, 0.15) is 4.90 Å². The first-order valence-electron chi connectivity index (χ1n) is 4.66. The Morgan fingerprint density at radius 3 is 2.27 bits per heavy atom. The first-order chi connectivity index (χ1) is 6.63. The third-order valence-electron chi connectivity index (χ3n) is 1.92. The van der Waals surface area contributed by atoms with Gasteiger partial charge in [-0.1, -0.05) is 0 Å². The van der Waals surface area contributed by atoms with Crippen LogP contribution in [0.25, 0.3) is 0 Å². The zero-order chi connectivity index (χ0) is 11.9. The molecule has 0 unspecified atom stereocenters. The number of nitrogens with one attached hydrogen (secondary N) is 1. The molecule has 5 nitrogen and oxygen atoms in total. The summed E-state index contributed by atoms with van der Waals surface area (Å²) in [5.74, 6) is 0. The Labute approximate surface area is 90.5 Å². The lowest BCUT2D eigenvalue weighted by molar-refractivity contribution is 0.491. The number of nitrogens with zero attached hydrogens (tertiary/aromatic N) is 2. The van der Waals surface area contributed by atoms with Crippen molar-refractivity contribution in [1.82, 2.24) is 14.5 Å². The molecule has 0 aliphatic heterocycles. The largest absolute Gasteiger partial charge is 0.272 e. The Balaban J connectivity index is 3.13. The minimum absolute atomic E-state index is 0.236. The Morgan fingerprint density at radius 1 is 1.40 bits per heavy atom. The molecule has 1 rings (SSSR count). The van der Waals surface area contributed by atoms with Gasteiger partial charge < -0.3 is 0 Å². The van der Waals surface area contributed by atoms with Crippen molar-refractivity contribution in [1.29, 1.82) is 0 Å². The molecule has 0 radical (unpaired) electrons. The molecular formula is C9H17N3O2S. The van der Waals surface area contributed by atoms with E-state index in [4.69, 9.17) is 0 Å². The molecule has 0 aliphatic carbocycles. The Morgan fingerprint density at radius 2 is 1.93 bits per heavy atom. The van der Waals surface area contributed by atoms with Crippen molar-refractivity contribution >= 4 is 10.0 Å². The molecule has 0 aromatic carbocycles. The van der Waals surface area contributed by atoms with Crippen molar-refractivity contribution < 1.29 is 8.42 Å². The van der Waals surface area contributed by atoms with Crippen LogP contribution >= 0.6 is 0 Å². The van der Waals surface area contributed by atoms with Crippen LogP contribution in [0.5, 0.6) is 0 Å². The van der Waals surface area contributed by atoms with Crippen LogP contribution in [0, 0.1) is 6.92 Å². The zero-order valence-electron chi connectivity index (χ0n) is 9.70. The van der Waals surface area contributed by atoms with Gasteiger partial charge in [-0.15, -0.1) is 0 Å². The molecule has 1 aromatic heterocycles. The van der Waals surface area contributed by atoms with Gasteiger partial charge in [0.05, 0.1) is 11.9 Å². The lowest BCUT2D eigenvalue weighted by Crippen LogP contribution is -2.40. The lowest BCUT2D eigenvalue weighted by atomic mass is 10.1. The van der Waals surface area contributed by atoms with Crippen LogP contribution < -0.4 is 4.72 Å². The fourth-order valence-electron chi connectivity index (χ4n) is 1.20. The van der Waals surface area contributed by atoms with Gasteiger partial charge in [-0.25, -0.2) is 13.1 Å². The monoisotopic (exact) mass is 231 g/mol. The van der Waals surface area contributed by atoms with Crippen LogP contribution in [-0.4, -0.2) is 23.7 Å². The smallest absolute Gasteiger partial charge is 0.244 e. The molecule has 0 bridgehead atoms. The van der Waals surface area contributed by atoms with Gasteiger partial charge >= 0.3 is 0 Å². The quantitative estimate of drug-likeness (QED) is 0.819. The van der Waals surface area contributed by atoms with Crippen molar-refractivity contribution in [2.75, 3.05) is 0 Å². The molecular weight excluding hydrogens is 214 g/mol. The first kappa shape index (κ1) is 12.2. The summed E-state index contributed by atoms with van der Waals surface area (Å²) < 4.78 is 28.0. The summed E-state index contributed by atoms with van der Waals surface area (Å²) in [6.45, 7) is 7.13. The molecule has 0 aliphatic rings. The van der Waals surface area contributed by atoms with Crippen molar-refractivity contribution in [2.24, 2.45) is 7.05 Å². The summed E-state index contributed by atoms with van der Waals surface area (Å²) in [4.78, 5) is 0.236. The highest BCUT2D eigenvalue weighted by molar-refractivity contribution is 7.89. The Bertz CT molecular complexity index is 454. The van der Waals surface area contributed by atoms with Crippen LogP contribution in [0.4, 0.5) is 0 Å². The van der Waals surface area contributed by atoms with Crippen molar-refractivity contribution in [3.8, 4) is 0 Å². The average Bonchev–Trinajstić information content (AvgIpc) is 2.27. The van der Waals surface area contributed by atoms with Crippen molar-refractivity contribution in [2.45, 2.75) is 38.1 Å². The number of hydrogen-bond acceptors (Lipinski definition) is 3. The molecule has 0 spiro atoms. The summed E-state index contributed by atoms with van der Waals surface area (Å²) in [5.41, 5.74) is 0.146. The molecule has 0 fully saturated rings. The maximum atomic E-state index is 11.9. The van der Waals surface area contributed by atoms with E-state index >= 15 is 0 Å². The van der Waals surface area contributed by atoms with Crippen molar-refractivity contribution in [3.05, 3.63) is 11.9 Å². The summed E-state index contributed by atoms with van der Waals surface area (Å²) in [6.07, 6.45) is 1.36. The third kappa shape index (κ3) is 2.79. The van der Waals surface area contributed by atoms with E-state index in [0.29, 0.717) is 5.69 Å². The lowest BCUT2D eigenvalue weighted by Gasteiger charge is -2.19. The first-order valence-corrected chi connectivity index (χ1v) is 6.14. The van der Waals surface area contributed by atoms with Gasteiger partial charge in [-0.3, -0.25) is 4.68 Å². The van der Waals surface area contributed by atoms with Gasteiger partial charge in [-0.2, -0.15) is 5.10 Å². The molecule has 0 saturated heterocycles. The molecule has 1 heterocycles. The van der Waals surface area contributed by atoms with Crippen molar-refractivity contribution in [3.63, 3.8) is 0 Å². The molecule has 1 aromatic rings. The minimum Gasteiger partial charge on any atom is -0.272 e. The summed E-state index contributed by atoms with van der Waals surface area (Å²) in [7, 11) is -1.75. The van der Waals surface area contributed by atoms with Crippen LogP contribution in [0.1, 0.15) is 26.5 Å². The number of aromatic nitrogens is 2. The predicted octanol–water partition coefficient (Wildman–Crippen LogP) is 0.805. The summed E-state index contributed by atoms with van der Waals surface area (Å²) in [5, 5.41) is 3.91. The van der Waals surface area contributed by atoms with Crippen LogP contribution in [-0.2, 0) is 17.1 Å². The highest BCUT2D eigenvalue weighted by atomic mass is 32.2. The number of aryl methyl sites for hydroxylation is 1. The van der Waals surface area contributed by atoms with E-state index in [1.165, 1.54) is 10.9 Å². The zero-order valence-corrected chi connectivity index (χ0v) is 10.5. The maximum absolute atomic E-state index is 11.9. The molecule has 0 atom stereocenters. The fraction of sp³-hybridized carbons (Fsp3) is 0.667. The molecule has 0 saturated carbocycles. The number of hydrogen-bond donors (Lipinski definition) is 1. The molecule has 86 valence electrons. The SMILES string of the molecule is Cc1c(S(=O)(=O)NC(C)(C)C)cnn1C. The van der Waals surface area contributed by atoms with Gasteiger partial charge in [0.2, 0.25) is 10.0 Å². The van der Waals surface area contributed by atoms with Crippen LogP contribution in [0.3, 0.4) is 0 Å². The van der Waals surface area contributed by atoms with E-state index in [-0.39, 0.29) is 4.90 Å². The number of sulfonamides is 1. The summed E-state index contributed by atoms with van der Waals surface area (Å²) >= 11 is 0. The molecule has 1 N–H and O–H groups in total. The summed E-state index contributed by atoms with van der Waals surface area (Å²) in [6, 6.07) is 0. The maximum Gasteiger partial charge on any atom is 0.244 e. The van der Waals surface area contributed by atoms with E-state index in [2.05, 4.69) is 9.82 Å². The topological polar surface area (TPSA) is 64.0 Å². The molecule has 15 heavy (non-hydrogen) atoms. The van der Waals surface area contributed by atoms with E-state index in [1.54, 1.807) is 34.7 Å². The second-order valence-electron chi connectivity index (χ2n) is 4.57. The second-order valence-corrected chi connectivity index (χ2v) is 6.22. The van der Waals surface area contributed by atoms with Gasteiger partial charge in [0.15, 0.2) is 0 Å². The minimum atomic E-state index is -3.46. The third-order valence-corrected chi connectivity index (χ3v) is 3.78. The van der Waals surface area contributed by atoms with Crippen LogP contribution in [0.2, 0.25) is 0 Å². The molecule has 0 amide bonds. The van der Waals surface area contributed by atoms with Gasteiger partial charge in [-0.05, 0) is 27.7 Å². The van der Waals surface area contributed by atoms with E-state index < -0.39 is 15.6 Å². The fourth-order valence-corrected chi connectivity index (χ4v) is 2.82. The average molecular weight is 231 g/mol. The number of rotatable bonds is 2.